The molecule has 0 amide bonds. The van der Waals surface area contributed by atoms with Gasteiger partial charge in [-0.3, -0.25) is 9.97 Å². The molecule has 0 spiro atoms. The molecule has 0 aliphatic carbocycles. The zero-order valence-corrected chi connectivity index (χ0v) is 13.9. The summed E-state index contributed by atoms with van der Waals surface area (Å²) >= 11 is 0. The normalized spacial score (nSPS) is 16.0. The fraction of sp³-hybridized carbons (Fsp3) is 0.0952. The molecular weight excluding hydrogens is 327 g/mol. The van der Waals surface area contributed by atoms with E-state index in [0.717, 1.165) is 28.0 Å². The molecular formula is C21H15FN4. The third-order valence-electron chi connectivity index (χ3n) is 4.86. The van der Waals surface area contributed by atoms with Crippen molar-refractivity contribution in [1.29, 1.82) is 0 Å². The van der Waals surface area contributed by atoms with Crippen LogP contribution in [0, 0.1) is 5.82 Å². The fourth-order valence-corrected chi connectivity index (χ4v) is 3.75. The van der Waals surface area contributed by atoms with Gasteiger partial charge >= 0.3 is 0 Å². The van der Waals surface area contributed by atoms with E-state index in [9.17, 15) is 4.39 Å². The predicted molar refractivity (Wildman–Crippen MR) is 98.2 cm³/mol. The van der Waals surface area contributed by atoms with Crippen LogP contribution in [-0.4, -0.2) is 15.0 Å². The molecule has 0 radical (unpaired) electrons. The van der Waals surface area contributed by atoms with Crippen LogP contribution in [0.1, 0.15) is 22.7 Å². The maximum absolute atomic E-state index is 14.8. The Labute approximate surface area is 150 Å². The van der Waals surface area contributed by atoms with E-state index in [4.69, 9.17) is 0 Å². The van der Waals surface area contributed by atoms with Crippen LogP contribution in [0.5, 0.6) is 0 Å². The first-order chi connectivity index (χ1) is 12.8. The van der Waals surface area contributed by atoms with Gasteiger partial charge in [-0.15, -0.1) is 0 Å². The second kappa shape index (κ2) is 5.88. The molecule has 0 fully saturated rings. The molecule has 3 aromatic heterocycles. The van der Waals surface area contributed by atoms with E-state index >= 15 is 0 Å². The standard InChI is InChI=1S/C21H15FN4/c22-18-11-16-17(20-15(18)6-4-10-25-20)13-26(19-7-1-2-9-24-19)21(16)14-5-3-8-23-12-14/h1-12,21H,13H2. The smallest absolute Gasteiger partial charge is 0.132 e. The zero-order valence-electron chi connectivity index (χ0n) is 13.9. The Morgan fingerprint density at radius 3 is 2.65 bits per heavy atom. The van der Waals surface area contributed by atoms with Crippen molar-refractivity contribution in [2.24, 2.45) is 0 Å². The molecule has 0 saturated carbocycles. The molecule has 1 unspecified atom stereocenters. The monoisotopic (exact) mass is 342 g/mol. The Bertz CT molecular complexity index is 1080. The van der Waals surface area contributed by atoms with Crippen LogP contribution in [0.3, 0.4) is 0 Å². The van der Waals surface area contributed by atoms with Crippen molar-refractivity contribution in [2.45, 2.75) is 12.6 Å². The lowest BCUT2D eigenvalue weighted by Gasteiger charge is -2.26. The molecule has 4 nitrogen and oxygen atoms in total. The molecule has 5 heteroatoms. The summed E-state index contributed by atoms with van der Waals surface area (Å²) in [6.45, 7) is 0.625. The minimum Gasteiger partial charge on any atom is -0.341 e. The number of anilines is 1. The van der Waals surface area contributed by atoms with Crippen LogP contribution in [0.4, 0.5) is 10.2 Å². The first-order valence-electron chi connectivity index (χ1n) is 8.46. The van der Waals surface area contributed by atoms with Gasteiger partial charge in [-0.25, -0.2) is 9.37 Å². The minimum atomic E-state index is -0.247. The van der Waals surface area contributed by atoms with E-state index in [1.165, 1.54) is 0 Å². The van der Waals surface area contributed by atoms with Crippen LogP contribution in [0.2, 0.25) is 0 Å². The molecule has 4 heterocycles. The second-order valence-electron chi connectivity index (χ2n) is 6.33. The van der Waals surface area contributed by atoms with Gasteiger partial charge in [0.05, 0.1) is 11.6 Å². The predicted octanol–water partition coefficient (Wildman–Crippen LogP) is 4.27. The van der Waals surface area contributed by atoms with Gasteiger partial charge in [0.1, 0.15) is 11.6 Å². The van der Waals surface area contributed by atoms with E-state index in [1.807, 2.05) is 36.5 Å². The van der Waals surface area contributed by atoms with E-state index < -0.39 is 0 Å². The number of rotatable bonds is 2. The number of nitrogens with zero attached hydrogens (tertiary/aromatic N) is 4. The molecule has 5 rings (SSSR count). The Morgan fingerprint density at radius 2 is 1.85 bits per heavy atom. The highest BCUT2D eigenvalue weighted by Gasteiger charge is 2.35. The molecule has 4 aromatic rings. The van der Waals surface area contributed by atoms with Crippen molar-refractivity contribution in [3.05, 3.63) is 95.8 Å². The Hall–Kier alpha value is -3.34. The number of pyridine rings is 3. The van der Waals surface area contributed by atoms with Gasteiger partial charge in [-0.2, -0.15) is 0 Å². The summed E-state index contributed by atoms with van der Waals surface area (Å²) in [6.07, 6.45) is 7.06. The molecule has 126 valence electrons. The lowest BCUT2D eigenvalue weighted by molar-refractivity contribution is 0.636. The first-order valence-corrected chi connectivity index (χ1v) is 8.46. The minimum absolute atomic E-state index is 0.144. The van der Waals surface area contributed by atoms with E-state index in [2.05, 4.69) is 19.9 Å². The average Bonchev–Trinajstić information content (AvgIpc) is 3.09. The first kappa shape index (κ1) is 15.0. The summed E-state index contributed by atoms with van der Waals surface area (Å²) in [4.78, 5) is 15.4. The third kappa shape index (κ3) is 2.24. The maximum atomic E-state index is 14.8. The molecule has 0 N–H and O–H groups in total. The highest BCUT2D eigenvalue weighted by atomic mass is 19.1. The molecule has 1 atom stereocenters. The van der Waals surface area contributed by atoms with Gasteiger partial charge < -0.3 is 4.90 Å². The van der Waals surface area contributed by atoms with Crippen LogP contribution in [-0.2, 0) is 6.54 Å². The van der Waals surface area contributed by atoms with Crippen molar-refractivity contribution in [3.8, 4) is 0 Å². The van der Waals surface area contributed by atoms with Gasteiger partial charge in [-0.1, -0.05) is 12.1 Å². The van der Waals surface area contributed by atoms with Crippen LogP contribution >= 0.6 is 0 Å². The topological polar surface area (TPSA) is 41.9 Å². The van der Waals surface area contributed by atoms with Gasteiger partial charge in [0.2, 0.25) is 0 Å². The maximum Gasteiger partial charge on any atom is 0.132 e. The van der Waals surface area contributed by atoms with Crippen LogP contribution in [0.15, 0.2) is 73.3 Å². The summed E-state index contributed by atoms with van der Waals surface area (Å²) in [6, 6.07) is 14.8. The largest absolute Gasteiger partial charge is 0.341 e. The number of aromatic nitrogens is 3. The van der Waals surface area contributed by atoms with Gasteiger partial charge in [0.15, 0.2) is 0 Å². The zero-order chi connectivity index (χ0) is 17.5. The summed E-state index contributed by atoms with van der Waals surface area (Å²) < 4.78 is 14.8. The number of fused-ring (bicyclic) bond motifs is 3. The summed E-state index contributed by atoms with van der Waals surface area (Å²) in [5.74, 6) is 0.602. The molecule has 1 aromatic carbocycles. The van der Waals surface area contributed by atoms with Gasteiger partial charge in [-0.05, 0) is 47.5 Å². The van der Waals surface area contributed by atoms with Crippen molar-refractivity contribution in [3.63, 3.8) is 0 Å². The average molecular weight is 342 g/mol. The number of halogens is 1. The van der Waals surface area contributed by atoms with Crippen molar-refractivity contribution in [2.75, 3.05) is 4.90 Å². The molecule has 1 aliphatic rings. The Morgan fingerprint density at radius 1 is 0.962 bits per heavy atom. The summed E-state index contributed by atoms with van der Waals surface area (Å²) in [5.41, 5.74) is 3.69. The van der Waals surface area contributed by atoms with Crippen molar-refractivity contribution >= 4 is 16.7 Å². The van der Waals surface area contributed by atoms with E-state index in [-0.39, 0.29) is 11.9 Å². The second-order valence-corrected chi connectivity index (χ2v) is 6.33. The molecule has 0 bridgehead atoms. The quantitative estimate of drug-likeness (QED) is 0.545. The summed E-state index contributed by atoms with van der Waals surface area (Å²) in [7, 11) is 0. The highest BCUT2D eigenvalue weighted by molar-refractivity contribution is 5.85. The Balaban J connectivity index is 1.77. The fourth-order valence-electron chi connectivity index (χ4n) is 3.75. The molecule has 1 aliphatic heterocycles. The third-order valence-corrected chi connectivity index (χ3v) is 4.86. The van der Waals surface area contributed by atoms with Crippen LogP contribution in [0.25, 0.3) is 10.9 Å². The lowest BCUT2D eigenvalue weighted by atomic mass is 9.97. The van der Waals surface area contributed by atoms with E-state index in [1.54, 1.807) is 36.8 Å². The molecule has 26 heavy (non-hydrogen) atoms. The van der Waals surface area contributed by atoms with Crippen LogP contribution < -0.4 is 4.90 Å². The van der Waals surface area contributed by atoms with Gasteiger partial charge in [0, 0.05) is 42.3 Å². The number of hydrogen-bond donors (Lipinski definition) is 0. The SMILES string of the molecule is Fc1cc2c(c3ncccc13)CN(c1ccccn1)C2c1cccnc1. The number of benzene rings is 1. The summed E-state index contributed by atoms with van der Waals surface area (Å²) in [5, 5.41) is 0.555. The van der Waals surface area contributed by atoms with Gasteiger partial charge in [0.25, 0.3) is 0 Å². The van der Waals surface area contributed by atoms with Crippen molar-refractivity contribution in [1.82, 2.24) is 15.0 Å². The highest BCUT2D eigenvalue weighted by Crippen LogP contribution is 2.43. The van der Waals surface area contributed by atoms with Crippen molar-refractivity contribution < 1.29 is 4.39 Å². The number of hydrogen-bond acceptors (Lipinski definition) is 4. The van der Waals surface area contributed by atoms with E-state index in [0.29, 0.717) is 11.9 Å². The molecule has 0 saturated heterocycles. The Kier molecular flexibility index (Phi) is 3.38. The lowest BCUT2D eigenvalue weighted by Crippen LogP contribution is -2.23.